The van der Waals surface area contributed by atoms with Crippen LogP contribution in [0.3, 0.4) is 0 Å². The molecule has 106 valence electrons. The van der Waals surface area contributed by atoms with Crippen LogP contribution in [0.15, 0.2) is 12.1 Å². The number of piperidine rings is 1. The monoisotopic (exact) mass is 272 g/mol. The van der Waals surface area contributed by atoms with Gasteiger partial charge < -0.3 is 5.73 Å². The van der Waals surface area contributed by atoms with E-state index >= 15 is 0 Å². The Morgan fingerprint density at radius 2 is 1.89 bits per heavy atom. The summed E-state index contributed by atoms with van der Waals surface area (Å²) in [7, 11) is 0. The Kier molecular flexibility index (Phi) is 4.82. The standard InChI is InChI=1S/C14H19F3N2/c15-12-6-11(7-13(16)14(12)17)9-19-5-1-2-10(8-19)3-4-18/h6-7,10H,1-5,8-9,18H2. The van der Waals surface area contributed by atoms with Crippen molar-refractivity contribution in [2.45, 2.75) is 25.8 Å². The van der Waals surface area contributed by atoms with Gasteiger partial charge in [0.1, 0.15) is 0 Å². The van der Waals surface area contributed by atoms with Gasteiger partial charge >= 0.3 is 0 Å². The Morgan fingerprint density at radius 1 is 1.21 bits per heavy atom. The summed E-state index contributed by atoms with van der Waals surface area (Å²) in [5.74, 6) is -3.09. The van der Waals surface area contributed by atoms with Crippen LogP contribution >= 0.6 is 0 Å². The zero-order valence-electron chi connectivity index (χ0n) is 10.8. The molecule has 2 N–H and O–H groups in total. The van der Waals surface area contributed by atoms with Crippen LogP contribution in [0.1, 0.15) is 24.8 Å². The van der Waals surface area contributed by atoms with Gasteiger partial charge in [-0.1, -0.05) is 0 Å². The SMILES string of the molecule is NCCC1CCCN(Cc2cc(F)c(F)c(F)c2)C1. The lowest BCUT2D eigenvalue weighted by Crippen LogP contribution is -2.35. The average molecular weight is 272 g/mol. The van der Waals surface area contributed by atoms with Gasteiger partial charge in [0, 0.05) is 13.1 Å². The predicted octanol–water partition coefficient (Wildman–Crippen LogP) is 2.66. The van der Waals surface area contributed by atoms with Crippen molar-refractivity contribution in [1.82, 2.24) is 4.90 Å². The van der Waals surface area contributed by atoms with Gasteiger partial charge in [-0.3, -0.25) is 4.90 Å². The molecular weight excluding hydrogens is 253 g/mol. The van der Waals surface area contributed by atoms with Crippen LogP contribution in [0.2, 0.25) is 0 Å². The number of hydrogen-bond donors (Lipinski definition) is 1. The van der Waals surface area contributed by atoms with E-state index in [1.807, 2.05) is 0 Å². The number of benzene rings is 1. The third-order valence-corrected chi connectivity index (χ3v) is 3.63. The van der Waals surface area contributed by atoms with Crippen LogP contribution in [0, 0.1) is 23.4 Å². The van der Waals surface area contributed by atoms with Crippen molar-refractivity contribution in [2.24, 2.45) is 11.7 Å². The highest BCUT2D eigenvalue weighted by Crippen LogP contribution is 2.22. The molecule has 1 aromatic rings. The highest BCUT2D eigenvalue weighted by molar-refractivity contribution is 5.19. The molecule has 1 saturated heterocycles. The summed E-state index contributed by atoms with van der Waals surface area (Å²) in [6.07, 6.45) is 3.19. The summed E-state index contributed by atoms with van der Waals surface area (Å²) in [5, 5.41) is 0. The molecule has 1 aromatic carbocycles. The first-order valence-corrected chi connectivity index (χ1v) is 6.66. The van der Waals surface area contributed by atoms with E-state index in [9.17, 15) is 13.2 Å². The van der Waals surface area contributed by atoms with Crippen molar-refractivity contribution in [3.63, 3.8) is 0 Å². The predicted molar refractivity (Wildman–Crippen MR) is 68.0 cm³/mol. The quantitative estimate of drug-likeness (QED) is 0.854. The van der Waals surface area contributed by atoms with Crippen molar-refractivity contribution in [2.75, 3.05) is 19.6 Å². The molecule has 1 heterocycles. The van der Waals surface area contributed by atoms with Crippen molar-refractivity contribution >= 4 is 0 Å². The summed E-state index contributed by atoms with van der Waals surface area (Å²) < 4.78 is 39.2. The van der Waals surface area contributed by atoms with Crippen LogP contribution in [0.5, 0.6) is 0 Å². The molecule has 2 nitrogen and oxygen atoms in total. The molecule has 0 aliphatic carbocycles. The third-order valence-electron chi connectivity index (χ3n) is 3.63. The van der Waals surface area contributed by atoms with Crippen LogP contribution < -0.4 is 5.73 Å². The summed E-state index contributed by atoms with van der Waals surface area (Å²) in [5.41, 5.74) is 6.03. The van der Waals surface area contributed by atoms with Gasteiger partial charge in [0.15, 0.2) is 17.5 Å². The summed E-state index contributed by atoms with van der Waals surface area (Å²) in [6.45, 7) is 2.91. The van der Waals surface area contributed by atoms with Crippen LogP contribution in [-0.2, 0) is 6.54 Å². The third kappa shape index (κ3) is 3.70. The largest absolute Gasteiger partial charge is 0.330 e. The maximum atomic E-state index is 13.1. The topological polar surface area (TPSA) is 29.3 Å². The van der Waals surface area contributed by atoms with E-state index in [1.165, 1.54) is 0 Å². The lowest BCUT2D eigenvalue weighted by atomic mass is 9.94. The van der Waals surface area contributed by atoms with E-state index in [0.29, 0.717) is 24.6 Å². The van der Waals surface area contributed by atoms with E-state index in [4.69, 9.17) is 5.73 Å². The number of halogens is 3. The molecule has 5 heteroatoms. The Hall–Kier alpha value is -1.07. The Labute approximate surface area is 111 Å². The minimum absolute atomic E-state index is 0.454. The second kappa shape index (κ2) is 6.39. The van der Waals surface area contributed by atoms with Crippen molar-refractivity contribution < 1.29 is 13.2 Å². The molecule has 0 radical (unpaired) electrons. The Balaban J connectivity index is 2.00. The summed E-state index contributed by atoms with van der Waals surface area (Å²) >= 11 is 0. The minimum Gasteiger partial charge on any atom is -0.330 e. The maximum absolute atomic E-state index is 13.1. The highest BCUT2D eigenvalue weighted by atomic mass is 19.2. The first-order chi connectivity index (χ1) is 9.10. The molecule has 2 rings (SSSR count). The normalized spacial score (nSPS) is 20.7. The van der Waals surface area contributed by atoms with Gasteiger partial charge in [0.2, 0.25) is 0 Å². The molecular formula is C14H19F3N2. The number of likely N-dealkylation sites (tertiary alicyclic amines) is 1. The molecule has 0 bridgehead atoms. The van der Waals surface area contributed by atoms with E-state index < -0.39 is 17.5 Å². The second-order valence-electron chi connectivity index (χ2n) is 5.19. The first kappa shape index (κ1) is 14.3. The van der Waals surface area contributed by atoms with Gasteiger partial charge in [-0.15, -0.1) is 0 Å². The summed E-state index contributed by atoms with van der Waals surface area (Å²) in [4.78, 5) is 2.15. The Bertz CT molecular complexity index is 412. The molecule has 0 spiro atoms. The second-order valence-corrected chi connectivity index (χ2v) is 5.19. The van der Waals surface area contributed by atoms with Crippen molar-refractivity contribution in [3.8, 4) is 0 Å². The number of nitrogens with two attached hydrogens (primary N) is 1. The van der Waals surface area contributed by atoms with E-state index in [2.05, 4.69) is 4.90 Å². The minimum atomic E-state index is -1.40. The van der Waals surface area contributed by atoms with Gasteiger partial charge in [0.05, 0.1) is 0 Å². The fourth-order valence-corrected chi connectivity index (χ4v) is 2.72. The molecule has 0 amide bonds. The maximum Gasteiger partial charge on any atom is 0.194 e. The van der Waals surface area contributed by atoms with Crippen LogP contribution in [-0.4, -0.2) is 24.5 Å². The van der Waals surface area contributed by atoms with Gasteiger partial charge in [-0.25, -0.2) is 13.2 Å². The van der Waals surface area contributed by atoms with Gasteiger partial charge in [0.25, 0.3) is 0 Å². The fraction of sp³-hybridized carbons (Fsp3) is 0.571. The average Bonchev–Trinajstić information content (AvgIpc) is 2.37. The fourth-order valence-electron chi connectivity index (χ4n) is 2.72. The van der Waals surface area contributed by atoms with Gasteiger partial charge in [-0.05, 0) is 56.0 Å². The van der Waals surface area contributed by atoms with Crippen LogP contribution in [0.25, 0.3) is 0 Å². The van der Waals surface area contributed by atoms with Gasteiger partial charge in [-0.2, -0.15) is 0 Å². The smallest absolute Gasteiger partial charge is 0.194 e. The molecule has 19 heavy (non-hydrogen) atoms. The van der Waals surface area contributed by atoms with Crippen molar-refractivity contribution in [3.05, 3.63) is 35.1 Å². The molecule has 1 atom stereocenters. The first-order valence-electron chi connectivity index (χ1n) is 6.66. The molecule has 1 aliphatic heterocycles. The molecule has 1 aliphatic rings. The zero-order chi connectivity index (χ0) is 13.8. The molecule has 1 unspecified atom stereocenters. The van der Waals surface area contributed by atoms with E-state index in [-0.39, 0.29) is 0 Å². The summed E-state index contributed by atoms with van der Waals surface area (Å²) in [6, 6.07) is 2.15. The highest BCUT2D eigenvalue weighted by Gasteiger charge is 2.20. The number of rotatable bonds is 4. The zero-order valence-corrected chi connectivity index (χ0v) is 10.8. The van der Waals surface area contributed by atoms with E-state index in [0.717, 1.165) is 44.5 Å². The van der Waals surface area contributed by atoms with Crippen LogP contribution in [0.4, 0.5) is 13.2 Å². The molecule has 0 saturated carbocycles. The number of nitrogens with zero attached hydrogens (tertiary/aromatic N) is 1. The number of hydrogen-bond acceptors (Lipinski definition) is 2. The van der Waals surface area contributed by atoms with E-state index in [1.54, 1.807) is 0 Å². The molecule has 0 aromatic heterocycles. The lowest BCUT2D eigenvalue weighted by molar-refractivity contribution is 0.162. The lowest BCUT2D eigenvalue weighted by Gasteiger charge is -2.32. The Morgan fingerprint density at radius 3 is 2.53 bits per heavy atom. The molecule has 1 fully saturated rings. The van der Waals surface area contributed by atoms with Crippen molar-refractivity contribution in [1.29, 1.82) is 0 Å².